The quantitative estimate of drug-likeness (QED) is 0.663. The average molecular weight is 292 g/mol. The number of piperidine rings is 1. The van der Waals surface area contributed by atoms with Crippen LogP contribution in [0.1, 0.15) is 12.8 Å². The van der Waals surface area contributed by atoms with E-state index in [1.165, 1.54) is 7.11 Å². The summed E-state index contributed by atoms with van der Waals surface area (Å²) in [4.78, 5) is 25.3. The highest BCUT2D eigenvalue weighted by molar-refractivity contribution is 5.79. The molecule has 0 saturated carbocycles. The Bertz CT molecular complexity index is 518. The second-order valence-electron chi connectivity index (χ2n) is 5.03. The van der Waals surface area contributed by atoms with Crippen molar-refractivity contribution in [3.05, 3.63) is 24.3 Å². The van der Waals surface area contributed by atoms with Crippen LogP contribution in [0, 0.1) is 5.92 Å². The first-order valence-corrected chi connectivity index (χ1v) is 6.94. The highest BCUT2D eigenvalue weighted by atomic mass is 16.5. The third kappa shape index (κ3) is 3.87. The summed E-state index contributed by atoms with van der Waals surface area (Å²) in [5.74, 6) is -0.158. The zero-order chi connectivity index (χ0) is 15.2. The number of esters is 1. The van der Waals surface area contributed by atoms with Gasteiger partial charge in [-0.3, -0.25) is 9.59 Å². The zero-order valence-corrected chi connectivity index (χ0v) is 12.1. The van der Waals surface area contributed by atoms with Crippen LogP contribution in [0.2, 0.25) is 0 Å². The van der Waals surface area contributed by atoms with Crippen LogP contribution in [-0.2, 0) is 14.3 Å². The number of amides is 1. The maximum atomic E-state index is 12.1. The summed E-state index contributed by atoms with van der Waals surface area (Å²) in [5, 5.41) is 0. The molecule has 1 aromatic carbocycles. The number of nitrogens with two attached hydrogens (primary N) is 1. The number of nitrogens with zero attached hydrogens (tertiary/aromatic N) is 1. The first-order valence-electron chi connectivity index (χ1n) is 6.94. The minimum absolute atomic E-state index is 0.0812. The molecule has 6 nitrogen and oxygen atoms in total. The van der Waals surface area contributed by atoms with Crippen molar-refractivity contribution in [1.29, 1.82) is 0 Å². The summed E-state index contributed by atoms with van der Waals surface area (Å²) in [5.41, 5.74) is 6.25. The van der Waals surface area contributed by atoms with E-state index in [0.29, 0.717) is 24.5 Å². The molecule has 1 saturated heterocycles. The predicted molar refractivity (Wildman–Crippen MR) is 77.7 cm³/mol. The number of para-hydroxylation sites is 2. The van der Waals surface area contributed by atoms with Gasteiger partial charge < -0.3 is 20.1 Å². The van der Waals surface area contributed by atoms with Crippen LogP contribution in [0.4, 0.5) is 5.69 Å². The minimum Gasteiger partial charge on any atom is -0.482 e. The Balaban J connectivity index is 1.88. The number of benzene rings is 1. The fourth-order valence-electron chi connectivity index (χ4n) is 2.41. The number of nitrogen functional groups attached to an aromatic ring is 1. The van der Waals surface area contributed by atoms with Gasteiger partial charge >= 0.3 is 5.97 Å². The molecular formula is C15H20N2O4. The van der Waals surface area contributed by atoms with Crippen molar-refractivity contribution in [3.8, 4) is 5.75 Å². The van der Waals surface area contributed by atoms with E-state index >= 15 is 0 Å². The van der Waals surface area contributed by atoms with E-state index in [9.17, 15) is 9.59 Å². The number of hydrogen-bond donors (Lipinski definition) is 1. The van der Waals surface area contributed by atoms with Crippen molar-refractivity contribution in [2.75, 3.05) is 32.5 Å². The average Bonchev–Trinajstić information content (AvgIpc) is 2.53. The van der Waals surface area contributed by atoms with Gasteiger partial charge in [0.05, 0.1) is 18.7 Å². The molecule has 1 aliphatic heterocycles. The molecule has 0 spiro atoms. The van der Waals surface area contributed by atoms with Crippen molar-refractivity contribution in [2.45, 2.75) is 12.8 Å². The van der Waals surface area contributed by atoms with Crippen LogP contribution in [0.15, 0.2) is 24.3 Å². The normalized spacial score (nSPS) is 18.1. The van der Waals surface area contributed by atoms with Gasteiger partial charge in [-0.15, -0.1) is 0 Å². The van der Waals surface area contributed by atoms with Gasteiger partial charge in [-0.05, 0) is 25.0 Å². The van der Waals surface area contributed by atoms with Crippen LogP contribution in [0.3, 0.4) is 0 Å². The molecule has 0 bridgehead atoms. The number of hydrogen-bond acceptors (Lipinski definition) is 5. The van der Waals surface area contributed by atoms with Gasteiger partial charge in [0.15, 0.2) is 6.61 Å². The highest BCUT2D eigenvalue weighted by Gasteiger charge is 2.29. The van der Waals surface area contributed by atoms with Crippen LogP contribution in [-0.4, -0.2) is 43.6 Å². The Morgan fingerprint density at radius 2 is 2.14 bits per heavy atom. The number of methoxy groups -OCH3 is 1. The third-order valence-corrected chi connectivity index (χ3v) is 3.58. The van der Waals surface area contributed by atoms with Gasteiger partial charge in [-0.2, -0.15) is 0 Å². The molecule has 1 unspecified atom stereocenters. The molecule has 21 heavy (non-hydrogen) atoms. The van der Waals surface area contributed by atoms with Crippen LogP contribution in [0.25, 0.3) is 0 Å². The van der Waals surface area contributed by atoms with E-state index < -0.39 is 0 Å². The minimum atomic E-state index is -0.263. The number of carbonyl (C=O) groups is 2. The molecule has 0 aliphatic carbocycles. The first kappa shape index (κ1) is 15.2. The molecule has 2 N–H and O–H groups in total. The molecule has 1 aliphatic rings. The summed E-state index contributed by atoms with van der Waals surface area (Å²) in [6.07, 6.45) is 1.54. The Morgan fingerprint density at radius 3 is 2.86 bits per heavy atom. The lowest BCUT2D eigenvalue weighted by Gasteiger charge is -2.31. The number of rotatable bonds is 4. The summed E-state index contributed by atoms with van der Waals surface area (Å²) in [7, 11) is 1.37. The standard InChI is InChI=1S/C15H20N2O4/c1-20-15(19)11-5-4-8-17(9-11)14(18)10-21-13-7-3-2-6-12(13)16/h2-3,6-7,11H,4-5,8-10,16H2,1H3. The first-order chi connectivity index (χ1) is 10.1. The van der Waals surface area contributed by atoms with Crippen LogP contribution >= 0.6 is 0 Å². The number of likely N-dealkylation sites (tertiary alicyclic amines) is 1. The summed E-state index contributed by atoms with van der Waals surface area (Å²) in [6.45, 7) is 0.946. The second kappa shape index (κ2) is 6.97. The highest BCUT2D eigenvalue weighted by Crippen LogP contribution is 2.21. The van der Waals surface area contributed by atoms with Gasteiger partial charge in [-0.25, -0.2) is 0 Å². The largest absolute Gasteiger partial charge is 0.482 e. The molecule has 114 valence electrons. The maximum Gasteiger partial charge on any atom is 0.310 e. The molecule has 1 heterocycles. The summed E-state index contributed by atoms with van der Waals surface area (Å²) >= 11 is 0. The Labute approximate surface area is 123 Å². The molecule has 1 aromatic rings. The van der Waals surface area contributed by atoms with E-state index in [1.807, 2.05) is 0 Å². The van der Waals surface area contributed by atoms with Crippen molar-refractivity contribution in [3.63, 3.8) is 0 Å². The van der Waals surface area contributed by atoms with Crippen molar-refractivity contribution < 1.29 is 19.1 Å². The Hall–Kier alpha value is -2.24. The van der Waals surface area contributed by atoms with Gasteiger partial charge in [0.1, 0.15) is 5.75 Å². The lowest BCUT2D eigenvalue weighted by molar-refractivity contribution is -0.149. The topological polar surface area (TPSA) is 81.9 Å². The number of anilines is 1. The molecule has 0 radical (unpaired) electrons. The predicted octanol–water partition coefficient (Wildman–Crippen LogP) is 1.06. The molecule has 1 fully saturated rings. The van der Waals surface area contributed by atoms with Crippen molar-refractivity contribution >= 4 is 17.6 Å². The SMILES string of the molecule is COC(=O)C1CCCN(C(=O)COc2ccccc2N)C1. The van der Waals surface area contributed by atoms with E-state index in [1.54, 1.807) is 29.2 Å². The van der Waals surface area contributed by atoms with E-state index in [0.717, 1.165) is 12.8 Å². The fourth-order valence-corrected chi connectivity index (χ4v) is 2.41. The van der Waals surface area contributed by atoms with E-state index in [2.05, 4.69) is 0 Å². The maximum absolute atomic E-state index is 12.1. The van der Waals surface area contributed by atoms with Crippen LogP contribution in [0.5, 0.6) is 5.75 Å². The fraction of sp³-hybridized carbons (Fsp3) is 0.467. The van der Waals surface area contributed by atoms with Gasteiger partial charge in [0.25, 0.3) is 5.91 Å². The van der Waals surface area contributed by atoms with Crippen molar-refractivity contribution in [2.24, 2.45) is 5.92 Å². The zero-order valence-electron chi connectivity index (χ0n) is 12.1. The number of ether oxygens (including phenoxy) is 2. The molecular weight excluding hydrogens is 272 g/mol. The van der Waals surface area contributed by atoms with Gasteiger partial charge in [0.2, 0.25) is 0 Å². The molecule has 6 heteroatoms. The van der Waals surface area contributed by atoms with Crippen molar-refractivity contribution in [1.82, 2.24) is 4.90 Å². The van der Waals surface area contributed by atoms with E-state index in [-0.39, 0.29) is 24.4 Å². The second-order valence-corrected chi connectivity index (χ2v) is 5.03. The molecule has 1 amide bonds. The Morgan fingerprint density at radius 1 is 1.38 bits per heavy atom. The van der Waals surface area contributed by atoms with Gasteiger partial charge in [0, 0.05) is 13.1 Å². The lowest BCUT2D eigenvalue weighted by atomic mass is 9.98. The molecule has 0 aromatic heterocycles. The lowest BCUT2D eigenvalue weighted by Crippen LogP contribution is -2.44. The smallest absolute Gasteiger partial charge is 0.310 e. The summed E-state index contributed by atoms with van der Waals surface area (Å²) < 4.78 is 10.2. The molecule has 2 rings (SSSR count). The summed E-state index contributed by atoms with van der Waals surface area (Å²) in [6, 6.07) is 7.03. The number of carbonyl (C=O) groups excluding carboxylic acids is 2. The third-order valence-electron chi connectivity index (χ3n) is 3.58. The van der Waals surface area contributed by atoms with Gasteiger partial charge in [-0.1, -0.05) is 12.1 Å². The van der Waals surface area contributed by atoms with Crippen LogP contribution < -0.4 is 10.5 Å². The Kier molecular flexibility index (Phi) is 5.03. The van der Waals surface area contributed by atoms with E-state index in [4.69, 9.17) is 15.2 Å². The monoisotopic (exact) mass is 292 g/mol. The molecule has 1 atom stereocenters.